The second-order valence-electron chi connectivity index (χ2n) is 4.55. The molecule has 1 rings (SSSR count). The number of hydrogen-bond acceptors (Lipinski definition) is 5. The Labute approximate surface area is 123 Å². The average Bonchev–Trinajstić information content (AvgIpc) is 3.23. The molecule has 0 aromatic rings. The van der Waals surface area contributed by atoms with Gasteiger partial charge in [0.25, 0.3) is 0 Å². The fraction of sp³-hybridized carbons (Fsp3) is 0.857. The van der Waals surface area contributed by atoms with Crippen LogP contribution in [0.15, 0.2) is 12.7 Å². The number of allylic oxidation sites excluding steroid dienone is 1. The molecule has 118 valence electrons. The van der Waals surface area contributed by atoms with E-state index in [0.717, 1.165) is 19.4 Å². The molecule has 2 atom stereocenters. The molecule has 2 unspecified atom stereocenters. The Morgan fingerprint density at radius 1 is 1.20 bits per heavy atom. The highest BCUT2D eigenvalue weighted by atomic mass is 28.4. The Morgan fingerprint density at radius 3 is 2.15 bits per heavy atom. The summed E-state index contributed by atoms with van der Waals surface area (Å²) in [6.07, 6.45) is 3.74. The van der Waals surface area contributed by atoms with Gasteiger partial charge < -0.3 is 22.8 Å². The van der Waals surface area contributed by atoms with Gasteiger partial charge in [-0.1, -0.05) is 6.08 Å². The summed E-state index contributed by atoms with van der Waals surface area (Å²) >= 11 is 0. The molecule has 0 bridgehead atoms. The van der Waals surface area contributed by atoms with Crippen molar-refractivity contribution in [2.24, 2.45) is 0 Å². The van der Waals surface area contributed by atoms with Crippen LogP contribution in [0, 0.1) is 0 Å². The first-order chi connectivity index (χ1) is 9.72. The second kappa shape index (κ2) is 9.65. The highest BCUT2D eigenvalue weighted by molar-refractivity contribution is 6.62. The van der Waals surface area contributed by atoms with Crippen molar-refractivity contribution < 1.29 is 22.8 Å². The van der Waals surface area contributed by atoms with Crippen LogP contribution in [-0.4, -0.2) is 53.7 Å². The summed E-state index contributed by atoms with van der Waals surface area (Å²) in [4.78, 5) is 0. The monoisotopic (exact) mass is 304 g/mol. The lowest BCUT2D eigenvalue weighted by molar-refractivity contribution is -0.0160. The van der Waals surface area contributed by atoms with Crippen LogP contribution in [0.5, 0.6) is 0 Å². The topological polar surface area (TPSA) is 49.5 Å². The summed E-state index contributed by atoms with van der Waals surface area (Å²) in [5.74, 6) is 0. The van der Waals surface area contributed by atoms with Gasteiger partial charge in [-0.15, -0.1) is 6.58 Å². The predicted octanol–water partition coefficient (Wildman–Crippen LogP) is 2.32. The van der Waals surface area contributed by atoms with Gasteiger partial charge in [0.1, 0.15) is 11.8 Å². The molecule has 0 spiro atoms. The number of epoxide rings is 1. The Bertz CT molecular complexity index is 253. The first kappa shape index (κ1) is 17.8. The molecule has 0 N–H and O–H groups in total. The number of ether oxygens (including phenoxy) is 2. The maximum atomic E-state index is 6.01. The third-order valence-corrected chi connectivity index (χ3v) is 6.27. The van der Waals surface area contributed by atoms with E-state index in [1.54, 1.807) is 0 Å². The molecule has 0 aliphatic carbocycles. The molecule has 0 aromatic heterocycles. The standard InChI is InChI=1S/C14H28O5Si/c1-5-9-10-14(16-12-13-11-15-13)20(17-6-2,18-7-3)19-8-4/h5,13-14H,1,6-12H2,2-4H3. The van der Waals surface area contributed by atoms with Crippen LogP contribution in [0.3, 0.4) is 0 Å². The summed E-state index contributed by atoms with van der Waals surface area (Å²) < 4.78 is 29.0. The van der Waals surface area contributed by atoms with E-state index in [0.29, 0.717) is 26.4 Å². The summed E-state index contributed by atoms with van der Waals surface area (Å²) in [6, 6.07) is 0. The van der Waals surface area contributed by atoms with Crippen molar-refractivity contribution >= 4 is 8.80 Å². The quantitative estimate of drug-likeness (QED) is 0.297. The van der Waals surface area contributed by atoms with Crippen molar-refractivity contribution in [1.82, 2.24) is 0 Å². The van der Waals surface area contributed by atoms with Gasteiger partial charge in [0.05, 0.1) is 13.2 Å². The third kappa shape index (κ3) is 5.63. The van der Waals surface area contributed by atoms with Crippen LogP contribution in [0.2, 0.25) is 0 Å². The van der Waals surface area contributed by atoms with Crippen molar-refractivity contribution in [3.05, 3.63) is 12.7 Å². The molecule has 6 heteroatoms. The molecule has 0 radical (unpaired) electrons. The van der Waals surface area contributed by atoms with Gasteiger partial charge >= 0.3 is 8.80 Å². The lowest BCUT2D eigenvalue weighted by atomic mass is 10.3. The molecule has 1 aliphatic heterocycles. The largest absolute Gasteiger partial charge is 0.531 e. The van der Waals surface area contributed by atoms with Crippen LogP contribution in [0.1, 0.15) is 33.6 Å². The van der Waals surface area contributed by atoms with E-state index >= 15 is 0 Å². The van der Waals surface area contributed by atoms with E-state index in [1.807, 2.05) is 26.8 Å². The molecule has 5 nitrogen and oxygen atoms in total. The summed E-state index contributed by atoms with van der Waals surface area (Å²) in [5, 5.41) is 0. The molecule has 1 aliphatic rings. The Balaban J connectivity index is 2.75. The zero-order chi connectivity index (χ0) is 14.8. The van der Waals surface area contributed by atoms with Crippen LogP contribution >= 0.6 is 0 Å². The second-order valence-corrected chi connectivity index (χ2v) is 7.26. The average molecular weight is 304 g/mol. The molecule has 0 aromatic carbocycles. The highest BCUT2D eigenvalue weighted by Crippen LogP contribution is 2.24. The van der Waals surface area contributed by atoms with E-state index < -0.39 is 8.80 Å². The highest BCUT2D eigenvalue weighted by Gasteiger charge is 2.50. The fourth-order valence-electron chi connectivity index (χ4n) is 2.03. The molecule has 1 saturated heterocycles. The Hall–Kier alpha value is -0.243. The molecular formula is C14H28O5Si. The fourth-order valence-corrected chi connectivity index (χ4v) is 4.86. The van der Waals surface area contributed by atoms with E-state index in [4.69, 9.17) is 22.8 Å². The van der Waals surface area contributed by atoms with Crippen LogP contribution in [-0.2, 0) is 22.8 Å². The van der Waals surface area contributed by atoms with Gasteiger partial charge in [0.15, 0.2) is 0 Å². The molecule has 1 fully saturated rings. The molecular weight excluding hydrogens is 276 g/mol. The smallest absolute Gasteiger partial charge is 0.372 e. The van der Waals surface area contributed by atoms with E-state index in [2.05, 4.69) is 6.58 Å². The van der Waals surface area contributed by atoms with Crippen molar-refractivity contribution in [2.45, 2.75) is 45.4 Å². The normalized spacial score (nSPS) is 19.9. The Morgan fingerprint density at radius 2 is 1.75 bits per heavy atom. The van der Waals surface area contributed by atoms with Crippen LogP contribution in [0.25, 0.3) is 0 Å². The van der Waals surface area contributed by atoms with Gasteiger partial charge in [0, 0.05) is 19.8 Å². The maximum absolute atomic E-state index is 6.01. The first-order valence-electron chi connectivity index (χ1n) is 7.48. The molecule has 0 amide bonds. The summed E-state index contributed by atoms with van der Waals surface area (Å²) in [6.45, 7) is 12.6. The zero-order valence-corrected chi connectivity index (χ0v) is 13.9. The van der Waals surface area contributed by atoms with E-state index in [9.17, 15) is 0 Å². The van der Waals surface area contributed by atoms with Gasteiger partial charge in [-0.2, -0.15) is 0 Å². The molecule has 20 heavy (non-hydrogen) atoms. The summed E-state index contributed by atoms with van der Waals surface area (Å²) in [7, 11) is -2.83. The minimum atomic E-state index is -2.83. The predicted molar refractivity (Wildman–Crippen MR) is 79.5 cm³/mol. The van der Waals surface area contributed by atoms with Crippen molar-refractivity contribution in [3.8, 4) is 0 Å². The van der Waals surface area contributed by atoms with Gasteiger partial charge in [-0.25, -0.2) is 0 Å². The molecule has 0 saturated carbocycles. The number of rotatable bonds is 13. The molecule has 1 heterocycles. The lowest BCUT2D eigenvalue weighted by Gasteiger charge is -2.34. The third-order valence-electron chi connectivity index (χ3n) is 2.95. The van der Waals surface area contributed by atoms with Crippen LogP contribution < -0.4 is 0 Å². The zero-order valence-electron chi connectivity index (χ0n) is 12.9. The first-order valence-corrected chi connectivity index (χ1v) is 9.28. The van der Waals surface area contributed by atoms with Crippen molar-refractivity contribution in [1.29, 1.82) is 0 Å². The van der Waals surface area contributed by atoms with Gasteiger partial charge in [-0.3, -0.25) is 0 Å². The number of hydrogen-bond donors (Lipinski definition) is 0. The maximum Gasteiger partial charge on any atom is 0.531 e. The van der Waals surface area contributed by atoms with E-state index in [1.165, 1.54) is 0 Å². The minimum Gasteiger partial charge on any atom is -0.372 e. The SMILES string of the molecule is C=CCCC(OCC1CO1)[Si](OCC)(OCC)OCC. The van der Waals surface area contributed by atoms with Crippen molar-refractivity contribution in [3.63, 3.8) is 0 Å². The van der Waals surface area contributed by atoms with Crippen molar-refractivity contribution in [2.75, 3.05) is 33.0 Å². The lowest BCUT2D eigenvalue weighted by Crippen LogP contribution is -2.57. The van der Waals surface area contributed by atoms with Gasteiger partial charge in [0.2, 0.25) is 0 Å². The van der Waals surface area contributed by atoms with Crippen LogP contribution in [0.4, 0.5) is 0 Å². The minimum absolute atomic E-state index is 0.162. The van der Waals surface area contributed by atoms with Gasteiger partial charge in [-0.05, 0) is 33.6 Å². The summed E-state index contributed by atoms with van der Waals surface area (Å²) in [5.41, 5.74) is -0.162. The van der Waals surface area contributed by atoms with E-state index in [-0.39, 0.29) is 11.8 Å². The Kier molecular flexibility index (Phi) is 8.59.